The lowest BCUT2D eigenvalue weighted by molar-refractivity contribution is 0.189. The first-order valence-corrected chi connectivity index (χ1v) is 6.62. The number of nitrogen functional groups attached to an aromatic ring is 1. The summed E-state index contributed by atoms with van der Waals surface area (Å²) in [6.45, 7) is 4.10. The number of nitrogens with two attached hydrogens (primary N) is 1. The van der Waals surface area contributed by atoms with Crippen molar-refractivity contribution >= 4 is 5.69 Å². The van der Waals surface area contributed by atoms with Gasteiger partial charge in [0.05, 0.1) is 11.7 Å². The Bertz CT molecular complexity index is 568. The SMILES string of the molecule is CC(c1cnccn1)N1CCc2cccc(N)c2C1. The van der Waals surface area contributed by atoms with Gasteiger partial charge in [0.15, 0.2) is 0 Å². The van der Waals surface area contributed by atoms with Gasteiger partial charge in [-0.3, -0.25) is 14.9 Å². The summed E-state index contributed by atoms with van der Waals surface area (Å²) >= 11 is 0. The largest absolute Gasteiger partial charge is 0.398 e. The number of fused-ring (bicyclic) bond motifs is 1. The maximum absolute atomic E-state index is 6.09. The number of hydrogen-bond acceptors (Lipinski definition) is 4. The standard InChI is InChI=1S/C15H18N4/c1-11(15-9-17-6-7-18-15)19-8-5-12-3-2-4-14(16)13(12)10-19/h2-4,6-7,9,11H,5,8,10,16H2,1H3. The molecule has 98 valence electrons. The molecular formula is C15H18N4. The lowest BCUT2D eigenvalue weighted by Gasteiger charge is -2.33. The average Bonchev–Trinajstić information content (AvgIpc) is 2.47. The van der Waals surface area contributed by atoms with Crippen LogP contribution in [0.3, 0.4) is 0 Å². The van der Waals surface area contributed by atoms with Gasteiger partial charge in [-0.25, -0.2) is 0 Å². The highest BCUT2D eigenvalue weighted by molar-refractivity contribution is 5.51. The number of anilines is 1. The summed E-state index contributed by atoms with van der Waals surface area (Å²) in [4.78, 5) is 11.0. The minimum atomic E-state index is 0.265. The van der Waals surface area contributed by atoms with Gasteiger partial charge in [-0.1, -0.05) is 12.1 Å². The second-order valence-electron chi connectivity index (χ2n) is 5.01. The zero-order chi connectivity index (χ0) is 13.2. The van der Waals surface area contributed by atoms with E-state index in [2.05, 4.69) is 27.9 Å². The molecule has 4 nitrogen and oxygen atoms in total. The van der Waals surface area contributed by atoms with Gasteiger partial charge in [0.25, 0.3) is 0 Å². The molecule has 1 unspecified atom stereocenters. The van der Waals surface area contributed by atoms with Crippen molar-refractivity contribution in [3.8, 4) is 0 Å². The van der Waals surface area contributed by atoms with Crippen LogP contribution in [0.4, 0.5) is 5.69 Å². The molecule has 1 aliphatic heterocycles. The summed E-state index contributed by atoms with van der Waals surface area (Å²) in [5, 5.41) is 0. The first-order valence-electron chi connectivity index (χ1n) is 6.62. The lowest BCUT2D eigenvalue weighted by Crippen LogP contribution is -2.33. The van der Waals surface area contributed by atoms with Crippen molar-refractivity contribution in [2.75, 3.05) is 12.3 Å². The van der Waals surface area contributed by atoms with E-state index in [4.69, 9.17) is 5.73 Å². The smallest absolute Gasteiger partial charge is 0.0755 e. The second-order valence-corrected chi connectivity index (χ2v) is 5.01. The summed E-state index contributed by atoms with van der Waals surface area (Å²) in [5.41, 5.74) is 10.6. The van der Waals surface area contributed by atoms with E-state index in [0.29, 0.717) is 0 Å². The van der Waals surface area contributed by atoms with Crippen LogP contribution in [0.15, 0.2) is 36.8 Å². The van der Waals surface area contributed by atoms with Gasteiger partial charge in [0.1, 0.15) is 0 Å². The van der Waals surface area contributed by atoms with Crippen molar-refractivity contribution in [1.82, 2.24) is 14.9 Å². The van der Waals surface area contributed by atoms with E-state index in [1.807, 2.05) is 18.3 Å². The highest BCUT2D eigenvalue weighted by Crippen LogP contribution is 2.29. The predicted molar refractivity (Wildman–Crippen MR) is 75.4 cm³/mol. The van der Waals surface area contributed by atoms with Crippen LogP contribution in [0.1, 0.15) is 29.8 Å². The van der Waals surface area contributed by atoms with Gasteiger partial charge in [-0.2, -0.15) is 0 Å². The number of aromatic nitrogens is 2. The Morgan fingerprint density at radius 3 is 3.00 bits per heavy atom. The maximum atomic E-state index is 6.09. The number of benzene rings is 1. The van der Waals surface area contributed by atoms with Crippen LogP contribution < -0.4 is 5.73 Å². The van der Waals surface area contributed by atoms with Crippen LogP contribution in [0.2, 0.25) is 0 Å². The van der Waals surface area contributed by atoms with E-state index in [-0.39, 0.29) is 6.04 Å². The van der Waals surface area contributed by atoms with Crippen LogP contribution in [-0.2, 0) is 13.0 Å². The molecule has 4 heteroatoms. The van der Waals surface area contributed by atoms with Crippen molar-refractivity contribution in [1.29, 1.82) is 0 Å². The van der Waals surface area contributed by atoms with E-state index in [0.717, 1.165) is 30.9 Å². The molecule has 1 aromatic carbocycles. The summed E-state index contributed by atoms with van der Waals surface area (Å²) in [5.74, 6) is 0. The third kappa shape index (κ3) is 2.31. The Kier molecular flexibility index (Phi) is 3.17. The summed E-state index contributed by atoms with van der Waals surface area (Å²) in [6.07, 6.45) is 6.34. The fraction of sp³-hybridized carbons (Fsp3) is 0.333. The van der Waals surface area contributed by atoms with E-state index in [1.165, 1.54) is 11.1 Å². The molecule has 1 atom stereocenters. The fourth-order valence-electron chi connectivity index (χ4n) is 2.67. The Morgan fingerprint density at radius 2 is 2.21 bits per heavy atom. The van der Waals surface area contributed by atoms with Crippen LogP contribution >= 0.6 is 0 Å². The van der Waals surface area contributed by atoms with E-state index in [1.54, 1.807) is 12.4 Å². The van der Waals surface area contributed by atoms with Gasteiger partial charge < -0.3 is 5.73 Å². The van der Waals surface area contributed by atoms with Gasteiger partial charge in [0, 0.05) is 37.4 Å². The Hall–Kier alpha value is -1.94. The predicted octanol–water partition coefficient (Wildman–Crippen LogP) is 2.18. The van der Waals surface area contributed by atoms with Crippen molar-refractivity contribution in [2.24, 2.45) is 0 Å². The molecule has 0 saturated heterocycles. The summed E-state index contributed by atoms with van der Waals surface area (Å²) in [6, 6.07) is 6.46. The third-order valence-corrected chi connectivity index (χ3v) is 3.90. The first kappa shape index (κ1) is 12.1. The number of rotatable bonds is 2. The van der Waals surface area contributed by atoms with Gasteiger partial charge in [-0.15, -0.1) is 0 Å². The molecule has 0 amide bonds. The van der Waals surface area contributed by atoms with Crippen LogP contribution in [0.25, 0.3) is 0 Å². The maximum Gasteiger partial charge on any atom is 0.0755 e. The molecular weight excluding hydrogens is 236 g/mol. The number of hydrogen-bond donors (Lipinski definition) is 1. The van der Waals surface area contributed by atoms with E-state index in [9.17, 15) is 0 Å². The first-order chi connectivity index (χ1) is 9.25. The molecule has 3 rings (SSSR count). The normalized spacial score (nSPS) is 16.9. The highest BCUT2D eigenvalue weighted by atomic mass is 15.2. The van der Waals surface area contributed by atoms with E-state index < -0.39 is 0 Å². The van der Waals surface area contributed by atoms with Crippen LogP contribution in [0.5, 0.6) is 0 Å². The monoisotopic (exact) mass is 254 g/mol. The fourth-order valence-corrected chi connectivity index (χ4v) is 2.67. The highest BCUT2D eigenvalue weighted by Gasteiger charge is 2.23. The molecule has 19 heavy (non-hydrogen) atoms. The Morgan fingerprint density at radius 1 is 1.32 bits per heavy atom. The Labute approximate surface area is 113 Å². The van der Waals surface area contributed by atoms with Gasteiger partial charge in [-0.05, 0) is 30.5 Å². The molecule has 0 spiro atoms. The molecule has 2 aromatic rings. The molecule has 2 N–H and O–H groups in total. The van der Waals surface area contributed by atoms with Crippen molar-refractivity contribution < 1.29 is 0 Å². The number of nitrogens with zero attached hydrogens (tertiary/aromatic N) is 3. The minimum Gasteiger partial charge on any atom is -0.398 e. The second kappa shape index (κ2) is 4.97. The molecule has 1 aliphatic rings. The third-order valence-electron chi connectivity index (χ3n) is 3.90. The average molecular weight is 254 g/mol. The topological polar surface area (TPSA) is 55.0 Å². The molecule has 0 saturated carbocycles. The minimum absolute atomic E-state index is 0.265. The molecule has 0 fully saturated rings. The summed E-state index contributed by atoms with van der Waals surface area (Å²) in [7, 11) is 0. The van der Waals surface area contributed by atoms with Crippen molar-refractivity contribution in [3.05, 3.63) is 53.6 Å². The molecule has 0 radical (unpaired) electrons. The molecule has 0 aliphatic carbocycles. The van der Waals surface area contributed by atoms with Gasteiger partial charge >= 0.3 is 0 Å². The van der Waals surface area contributed by atoms with Crippen molar-refractivity contribution in [2.45, 2.75) is 25.9 Å². The van der Waals surface area contributed by atoms with Crippen LogP contribution in [0, 0.1) is 0 Å². The van der Waals surface area contributed by atoms with Crippen LogP contribution in [-0.4, -0.2) is 21.4 Å². The quantitative estimate of drug-likeness (QED) is 0.835. The van der Waals surface area contributed by atoms with E-state index >= 15 is 0 Å². The van der Waals surface area contributed by atoms with Gasteiger partial charge in [0.2, 0.25) is 0 Å². The molecule has 1 aromatic heterocycles. The van der Waals surface area contributed by atoms with Crippen molar-refractivity contribution in [3.63, 3.8) is 0 Å². The molecule has 0 bridgehead atoms. The zero-order valence-electron chi connectivity index (χ0n) is 11.1. The lowest BCUT2D eigenvalue weighted by atomic mass is 9.97. The zero-order valence-corrected chi connectivity index (χ0v) is 11.1. The molecule has 2 heterocycles. The Balaban J connectivity index is 1.84. The summed E-state index contributed by atoms with van der Waals surface area (Å²) < 4.78 is 0.